The molecule has 1 aromatic carbocycles. The Morgan fingerprint density at radius 3 is 2.24 bits per heavy atom. The van der Waals surface area contributed by atoms with Crippen LogP contribution in [0, 0.1) is 6.92 Å². The smallest absolute Gasteiger partial charge is 0.314 e. The zero-order valence-corrected chi connectivity index (χ0v) is 11.4. The maximum absolute atomic E-state index is 12.5. The Bertz CT molecular complexity index is 398. The van der Waals surface area contributed by atoms with Crippen LogP contribution in [-0.2, 0) is 13.6 Å². The highest BCUT2D eigenvalue weighted by Gasteiger charge is 2.34. The first-order valence-electron chi connectivity index (χ1n) is 5.75. The number of hydrogen-bond acceptors (Lipinski definition) is 4. The second-order valence-electron chi connectivity index (χ2n) is 3.68. The van der Waals surface area contributed by atoms with Gasteiger partial charge in [0, 0.05) is 0 Å². The van der Waals surface area contributed by atoms with Crippen LogP contribution in [0.1, 0.15) is 30.8 Å². The van der Waals surface area contributed by atoms with Gasteiger partial charge in [-0.3, -0.25) is 4.57 Å². The molecule has 96 valence electrons. The van der Waals surface area contributed by atoms with E-state index >= 15 is 0 Å². The van der Waals surface area contributed by atoms with Crippen molar-refractivity contribution in [1.29, 1.82) is 0 Å². The van der Waals surface area contributed by atoms with E-state index in [1.807, 2.05) is 31.2 Å². The maximum Gasteiger partial charge on any atom is 0.351 e. The van der Waals surface area contributed by atoms with E-state index in [2.05, 4.69) is 0 Å². The van der Waals surface area contributed by atoms with Crippen molar-refractivity contribution in [3.8, 4) is 0 Å². The molecule has 4 nitrogen and oxygen atoms in total. The topological polar surface area (TPSA) is 61.5 Å². The molecule has 0 unspecified atom stereocenters. The summed E-state index contributed by atoms with van der Waals surface area (Å²) in [5.41, 5.74) is 7.82. The normalized spacial score (nSPS) is 13.6. The van der Waals surface area contributed by atoms with E-state index in [4.69, 9.17) is 14.8 Å². The second kappa shape index (κ2) is 6.31. The number of nitrogens with two attached hydrogens (primary N) is 1. The summed E-state index contributed by atoms with van der Waals surface area (Å²) >= 11 is 0. The van der Waals surface area contributed by atoms with Gasteiger partial charge in [0.2, 0.25) is 0 Å². The molecule has 0 aliphatic heterocycles. The summed E-state index contributed by atoms with van der Waals surface area (Å²) in [6.07, 6.45) is 0. The first-order valence-corrected chi connectivity index (χ1v) is 7.36. The molecule has 0 saturated heterocycles. The predicted molar refractivity (Wildman–Crippen MR) is 69.0 cm³/mol. The van der Waals surface area contributed by atoms with Gasteiger partial charge in [-0.1, -0.05) is 24.3 Å². The molecule has 0 radical (unpaired) electrons. The molecule has 0 aliphatic rings. The molecule has 0 fully saturated rings. The van der Waals surface area contributed by atoms with Crippen LogP contribution in [0.2, 0.25) is 0 Å². The summed E-state index contributed by atoms with van der Waals surface area (Å²) in [6.45, 7) is 6.11. The number of hydrogen-bond donors (Lipinski definition) is 1. The van der Waals surface area contributed by atoms with E-state index in [9.17, 15) is 4.57 Å². The lowest BCUT2D eigenvalue weighted by molar-refractivity contribution is 0.212. The quantitative estimate of drug-likeness (QED) is 0.795. The predicted octanol–water partition coefficient (Wildman–Crippen LogP) is 3.22. The molecule has 0 aromatic heterocycles. The van der Waals surface area contributed by atoms with E-state index in [-0.39, 0.29) is 0 Å². The third kappa shape index (κ3) is 3.39. The van der Waals surface area contributed by atoms with Crippen LogP contribution in [0.4, 0.5) is 0 Å². The van der Waals surface area contributed by atoms with Crippen LogP contribution in [0.25, 0.3) is 0 Å². The third-order valence-electron chi connectivity index (χ3n) is 2.47. The minimum atomic E-state index is -3.28. The fraction of sp³-hybridized carbons (Fsp3) is 0.500. The van der Waals surface area contributed by atoms with Gasteiger partial charge in [-0.2, -0.15) is 0 Å². The summed E-state index contributed by atoms with van der Waals surface area (Å²) in [7, 11) is -3.28. The molecule has 0 amide bonds. The average Bonchev–Trinajstić information content (AvgIpc) is 2.29. The van der Waals surface area contributed by atoms with Crippen molar-refractivity contribution in [2.45, 2.75) is 26.6 Å². The molecule has 1 aromatic rings. The van der Waals surface area contributed by atoms with Gasteiger partial charge in [0.05, 0.1) is 13.2 Å². The van der Waals surface area contributed by atoms with E-state index in [1.54, 1.807) is 13.8 Å². The molecule has 1 rings (SSSR count). The molecule has 1 atom stereocenters. The second-order valence-corrected chi connectivity index (χ2v) is 5.83. The standard InChI is InChI=1S/C12H20NO3P/c1-4-15-17(14,16-5-2)12(13)11-9-7-6-8-10(11)3/h6-9,12H,4-5,13H2,1-3H3/t12-/m0/s1. The van der Waals surface area contributed by atoms with E-state index in [1.165, 1.54) is 0 Å². The highest BCUT2D eigenvalue weighted by molar-refractivity contribution is 7.54. The number of aryl methyl sites for hydroxylation is 1. The van der Waals surface area contributed by atoms with E-state index in [0.29, 0.717) is 13.2 Å². The largest absolute Gasteiger partial charge is 0.351 e. The van der Waals surface area contributed by atoms with Crippen LogP contribution in [0.3, 0.4) is 0 Å². The minimum absolute atomic E-state index is 0.316. The van der Waals surface area contributed by atoms with Crippen molar-refractivity contribution in [3.63, 3.8) is 0 Å². The lowest BCUT2D eigenvalue weighted by Crippen LogP contribution is -2.16. The Morgan fingerprint density at radius 1 is 1.24 bits per heavy atom. The van der Waals surface area contributed by atoms with Crippen LogP contribution in [-0.4, -0.2) is 13.2 Å². The first-order chi connectivity index (χ1) is 8.05. The highest BCUT2D eigenvalue weighted by atomic mass is 31.2. The molecule has 2 N–H and O–H groups in total. The monoisotopic (exact) mass is 257 g/mol. The van der Waals surface area contributed by atoms with Gasteiger partial charge < -0.3 is 14.8 Å². The SMILES string of the molecule is CCOP(=O)(OCC)[C@H](N)c1ccccc1C. The Labute approximate surface area is 103 Å². The van der Waals surface area contributed by atoms with Gasteiger partial charge in [0.1, 0.15) is 5.78 Å². The zero-order chi connectivity index (χ0) is 12.9. The Morgan fingerprint density at radius 2 is 1.76 bits per heavy atom. The molecule has 0 saturated carbocycles. The van der Waals surface area contributed by atoms with Gasteiger partial charge in [-0.15, -0.1) is 0 Å². The van der Waals surface area contributed by atoms with Crippen molar-refractivity contribution >= 4 is 7.60 Å². The van der Waals surface area contributed by atoms with Crippen molar-refractivity contribution in [3.05, 3.63) is 35.4 Å². The fourth-order valence-electron chi connectivity index (χ4n) is 1.65. The van der Waals surface area contributed by atoms with Crippen LogP contribution < -0.4 is 5.73 Å². The zero-order valence-electron chi connectivity index (χ0n) is 10.6. The van der Waals surface area contributed by atoms with Gasteiger partial charge in [0.15, 0.2) is 0 Å². The minimum Gasteiger partial charge on any atom is -0.314 e. The molecule has 5 heteroatoms. The summed E-state index contributed by atoms with van der Waals surface area (Å²) in [5, 5.41) is 0. The van der Waals surface area contributed by atoms with Crippen molar-refractivity contribution in [1.82, 2.24) is 0 Å². The van der Waals surface area contributed by atoms with Crippen LogP contribution in [0.5, 0.6) is 0 Å². The lowest BCUT2D eigenvalue weighted by Gasteiger charge is -2.24. The van der Waals surface area contributed by atoms with Crippen LogP contribution >= 0.6 is 7.60 Å². The molecule has 0 heterocycles. The number of rotatable bonds is 6. The summed E-state index contributed by atoms with van der Waals surface area (Å²) in [5.74, 6) is -0.733. The Hall–Kier alpha value is -0.670. The maximum atomic E-state index is 12.5. The molecule has 0 bridgehead atoms. The third-order valence-corrected chi connectivity index (χ3v) is 4.66. The van der Waals surface area contributed by atoms with E-state index < -0.39 is 13.4 Å². The van der Waals surface area contributed by atoms with Gasteiger partial charge >= 0.3 is 7.60 Å². The number of benzene rings is 1. The van der Waals surface area contributed by atoms with Crippen molar-refractivity contribution in [2.75, 3.05) is 13.2 Å². The molecule has 0 spiro atoms. The average molecular weight is 257 g/mol. The fourth-order valence-corrected chi connectivity index (χ4v) is 3.39. The summed E-state index contributed by atoms with van der Waals surface area (Å²) in [4.78, 5) is 0. The Kier molecular flexibility index (Phi) is 5.34. The summed E-state index contributed by atoms with van der Waals surface area (Å²) < 4.78 is 23.0. The first kappa shape index (κ1) is 14.4. The van der Waals surface area contributed by atoms with E-state index in [0.717, 1.165) is 11.1 Å². The highest BCUT2D eigenvalue weighted by Crippen LogP contribution is 2.58. The molecule has 0 aliphatic carbocycles. The van der Waals surface area contributed by atoms with Gasteiger partial charge in [-0.05, 0) is 31.9 Å². The van der Waals surface area contributed by atoms with Crippen LogP contribution in [0.15, 0.2) is 24.3 Å². The summed E-state index contributed by atoms with van der Waals surface area (Å²) in [6, 6.07) is 7.56. The van der Waals surface area contributed by atoms with Crippen molar-refractivity contribution < 1.29 is 13.6 Å². The lowest BCUT2D eigenvalue weighted by atomic mass is 10.1. The Balaban J connectivity index is 3.04. The molecular weight excluding hydrogens is 237 g/mol. The molecular formula is C12H20NO3P. The van der Waals surface area contributed by atoms with Crippen molar-refractivity contribution in [2.24, 2.45) is 5.73 Å². The van der Waals surface area contributed by atoms with Gasteiger partial charge in [0.25, 0.3) is 0 Å². The van der Waals surface area contributed by atoms with Gasteiger partial charge in [-0.25, -0.2) is 0 Å². The molecule has 17 heavy (non-hydrogen) atoms.